The van der Waals surface area contributed by atoms with Crippen molar-refractivity contribution in [3.63, 3.8) is 0 Å². The number of nitrogens with one attached hydrogen (secondary N) is 2. The van der Waals surface area contributed by atoms with E-state index < -0.39 is 10.0 Å². The van der Waals surface area contributed by atoms with Gasteiger partial charge in [-0.3, -0.25) is 0 Å². The molecule has 0 saturated carbocycles. The van der Waals surface area contributed by atoms with E-state index in [0.29, 0.717) is 22.3 Å². The lowest BCUT2D eigenvalue weighted by Crippen LogP contribution is -2.12. The molecule has 2 aromatic heterocycles. The number of anilines is 2. The topological polar surface area (TPSA) is 114 Å². The highest BCUT2D eigenvalue weighted by atomic mass is 32.2. The van der Waals surface area contributed by atoms with E-state index in [4.69, 9.17) is 10.2 Å². The van der Waals surface area contributed by atoms with Gasteiger partial charge in [0.05, 0.1) is 5.69 Å². The van der Waals surface area contributed by atoms with E-state index in [1.165, 1.54) is 12.5 Å². The van der Waals surface area contributed by atoms with Crippen molar-refractivity contribution in [1.29, 1.82) is 0 Å². The number of aromatic nitrogens is 2. The second kappa shape index (κ2) is 4.27. The summed E-state index contributed by atoms with van der Waals surface area (Å²) in [5, 5.41) is 0.515. The van der Waals surface area contributed by atoms with Gasteiger partial charge in [0.1, 0.15) is 11.2 Å². The van der Waals surface area contributed by atoms with Crippen molar-refractivity contribution >= 4 is 32.6 Å². The van der Waals surface area contributed by atoms with Crippen LogP contribution in [0.2, 0.25) is 0 Å². The van der Waals surface area contributed by atoms with Gasteiger partial charge in [-0.05, 0) is 25.1 Å². The number of aryl methyl sites for hydroxylation is 1. The molecule has 0 aliphatic rings. The first-order chi connectivity index (χ1) is 9.45. The number of oxazole rings is 1. The molecule has 8 heteroatoms. The van der Waals surface area contributed by atoms with Crippen molar-refractivity contribution in [2.24, 2.45) is 0 Å². The molecule has 20 heavy (non-hydrogen) atoms. The maximum absolute atomic E-state index is 12.3. The Balaban J connectivity index is 2.07. The van der Waals surface area contributed by atoms with Crippen LogP contribution in [0.4, 0.5) is 11.7 Å². The van der Waals surface area contributed by atoms with Crippen LogP contribution < -0.4 is 10.5 Å². The van der Waals surface area contributed by atoms with Crippen LogP contribution in [0, 0.1) is 6.92 Å². The normalized spacial score (nSPS) is 11.8. The minimum absolute atomic E-state index is 0.0687. The van der Waals surface area contributed by atoms with Gasteiger partial charge >= 0.3 is 6.01 Å². The monoisotopic (exact) mass is 292 g/mol. The van der Waals surface area contributed by atoms with E-state index in [0.717, 1.165) is 0 Å². The van der Waals surface area contributed by atoms with Crippen LogP contribution in [0.3, 0.4) is 0 Å². The third kappa shape index (κ3) is 2.10. The van der Waals surface area contributed by atoms with Crippen molar-refractivity contribution in [2.75, 3.05) is 10.5 Å². The predicted octanol–water partition coefficient (Wildman–Crippen LogP) is 1.85. The second-order valence-electron chi connectivity index (χ2n) is 4.36. The van der Waals surface area contributed by atoms with E-state index in [1.807, 2.05) is 0 Å². The van der Waals surface area contributed by atoms with Crippen LogP contribution in [0.15, 0.2) is 40.0 Å². The molecular formula is C12H12N4O3S. The van der Waals surface area contributed by atoms with E-state index in [9.17, 15) is 8.42 Å². The Morgan fingerprint density at radius 2 is 2.20 bits per heavy atom. The van der Waals surface area contributed by atoms with Gasteiger partial charge in [0.2, 0.25) is 0 Å². The minimum Gasteiger partial charge on any atom is -0.431 e. The molecule has 0 atom stereocenters. The number of aromatic amines is 1. The molecule has 0 unspecified atom stereocenters. The summed E-state index contributed by atoms with van der Waals surface area (Å²) in [4.78, 5) is 6.89. The quantitative estimate of drug-likeness (QED) is 0.637. The third-order valence-corrected chi connectivity index (χ3v) is 4.16. The molecule has 0 saturated heterocycles. The van der Waals surface area contributed by atoms with E-state index in [-0.39, 0.29) is 10.9 Å². The Labute approximate surface area is 114 Å². The van der Waals surface area contributed by atoms with Crippen LogP contribution in [-0.4, -0.2) is 18.4 Å². The molecule has 0 amide bonds. The summed E-state index contributed by atoms with van der Waals surface area (Å²) < 4.78 is 31.9. The van der Waals surface area contributed by atoms with Crippen LogP contribution >= 0.6 is 0 Å². The molecular weight excluding hydrogens is 280 g/mol. The molecule has 0 spiro atoms. The smallest absolute Gasteiger partial charge is 0.309 e. The molecule has 7 nitrogen and oxygen atoms in total. The molecule has 4 N–H and O–H groups in total. The first kappa shape index (κ1) is 12.5. The Bertz CT molecular complexity index is 879. The number of fused-ring (bicyclic) bond motifs is 1. The van der Waals surface area contributed by atoms with Gasteiger partial charge in [0.15, 0.2) is 0 Å². The zero-order valence-electron chi connectivity index (χ0n) is 10.5. The second-order valence-corrected chi connectivity index (χ2v) is 6.01. The largest absolute Gasteiger partial charge is 0.431 e. The van der Waals surface area contributed by atoms with Crippen LogP contribution in [-0.2, 0) is 10.0 Å². The number of hydrogen-bond acceptors (Lipinski definition) is 5. The average molecular weight is 292 g/mol. The highest BCUT2D eigenvalue weighted by Crippen LogP contribution is 2.26. The average Bonchev–Trinajstić information content (AvgIpc) is 2.95. The minimum atomic E-state index is -3.79. The zero-order valence-corrected chi connectivity index (χ0v) is 11.4. The summed E-state index contributed by atoms with van der Waals surface area (Å²) in [5.74, 6) is 0. The van der Waals surface area contributed by atoms with Gasteiger partial charge in [-0.25, -0.2) is 13.1 Å². The number of hydrogen-bond donors (Lipinski definition) is 3. The van der Waals surface area contributed by atoms with Gasteiger partial charge in [0.25, 0.3) is 10.0 Å². The number of nitrogens with two attached hydrogens (primary N) is 1. The Hall–Kier alpha value is -2.48. The maximum Gasteiger partial charge on any atom is 0.309 e. The number of nitrogen functional groups attached to an aromatic ring is 1. The number of nitrogens with zero attached hydrogens (tertiary/aromatic N) is 1. The zero-order chi connectivity index (χ0) is 14.3. The molecule has 0 radical (unpaired) electrons. The lowest BCUT2D eigenvalue weighted by atomic mass is 10.2. The Morgan fingerprint density at radius 1 is 1.40 bits per heavy atom. The molecule has 0 bridgehead atoms. The summed E-state index contributed by atoms with van der Waals surface area (Å²) in [6.45, 7) is 1.70. The summed E-state index contributed by atoms with van der Waals surface area (Å²) in [5.41, 5.74) is 7.45. The number of rotatable bonds is 3. The van der Waals surface area contributed by atoms with Gasteiger partial charge < -0.3 is 15.1 Å². The van der Waals surface area contributed by atoms with Gasteiger partial charge in [-0.15, -0.1) is 0 Å². The maximum atomic E-state index is 12.3. The van der Waals surface area contributed by atoms with Gasteiger partial charge in [-0.2, -0.15) is 4.98 Å². The molecule has 0 fully saturated rings. The SMILES string of the molecule is Cc1coc(NS(=O)(=O)c2c[nH]c3ccc(N)cc23)n1. The first-order valence-electron chi connectivity index (χ1n) is 5.77. The number of benzene rings is 1. The van der Waals surface area contributed by atoms with Crippen LogP contribution in [0.25, 0.3) is 10.9 Å². The van der Waals surface area contributed by atoms with Crippen molar-refractivity contribution in [2.45, 2.75) is 11.8 Å². The summed E-state index contributed by atoms with van der Waals surface area (Å²) >= 11 is 0. The van der Waals surface area contributed by atoms with E-state index >= 15 is 0 Å². The fraction of sp³-hybridized carbons (Fsp3) is 0.0833. The van der Waals surface area contributed by atoms with Crippen LogP contribution in [0.5, 0.6) is 0 Å². The molecule has 104 valence electrons. The number of H-pyrrole nitrogens is 1. The standard InChI is InChI=1S/C12H12N4O3S/c1-7-6-19-12(15-7)16-20(17,18)11-5-14-10-3-2-8(13)4-9(10)11/h2-6,14H,13H2,1H3,(H,15,16). The highest BCUT2D eigenvalue weighted by molar-refractivity contribution is 7.93. The van der Waals surface area contributed by atoms with Gasteiger partial charge in [0, 0.05) is 22.8 Å². The third-order valence-electron chi connectivity index (χ3n) is 2.80. The Morgan fingerprint density at radius 3 is 2.90 bits per heavy atom. The summed E-state index contributed by atoms with van der Waals surface area (Å²) in [7, 11) is -3.79. The molecule has 1 aromatic carbocycles. The predicted molar refractivity (Wildman–Crippen MR) is 74.8 cm³/mol. The molecule has 3 aromatic rings. The lowest BCUT2D eigenvalue weighted by Gasteiger charge is -2.03. The number of sulfonamides is 1. The highest BCUT2D eigenvalue weighted by Gasteiger charge is 2.21. The molecule has 2 heterocycles. The van der Waals surface area contributed by atoms with Crippen molar-refractivity contribution in [3.05, 3.63) is 36.4 Å². The lowest BCUT2D eigenvalue weighted by molar-refractivity contribution is 0.569. The molecule has 0 aliphatic carbocycles. The van der Waals surface area contributed by atoms with E-state index in [1.54, 1.807) is 25.1 Å². The Kier molecular flexibility index (Phi) is 2.68. The summed E-state index contributed by atoms with van der Waals surface area (Å²) in [6, 6.07) is 4.95. The van der Waals surface area contributed by atoms with Crippen molar-refractivity contribution in [1.82, 2.24) is 9.97 Å². The fourth-order valence-corrected chi connectivity index (χ4v) is 3.01. The van der Waals surface area contributed by atoms with E-state index in [2.05, 4.69) is 14.7 Å². The van der Waals surface area contributed by atoms with Gasteiger partial charge in [-0.1, -0.05) is 0 Å². The van der Waals surface area contributed by atoms with Crippen LogP contribution in [0.1, 0.15) is 5.69 Å². The molecule has 0 aliphatic heterocycles. The van der Waals surface area contributed by atoms with Crippen molar-refractivity contribution in [3.8, 4) is 0 Å². The van der Waals surface area contributed by atoms with Crippen molar-refractivity contribution < 1.29 is 12.8 Å². The fourth-order valence-electron chi connectivity index (χ4n) is 1.91. The summed E-state index contributed by atoms with van der Waals surface area (Å²) in [6.07, 6.45) is 2.77. The molecule has 3 rings (SSSR count). The first-order valence-corrected chi connectivity index (χ1v) is 7.25.